The molecule has 0 aliphatic carbocycles. The van der Waals surface area contributed by atoms with Crippen molar-refractivity contribution in [2.24, 2.45) is 0 Å². The summed E-state index contributed by atoms with van der Waals surface area (Å²) in [6.45, 7) is 4.09. The lowest BCUT2D eigenvalue weighted by atomic mass is 10.4. The Kier molecular flexibility index (Phi) is 3.85. The zero-order valence-electron chi connectivity index (χ0n) is 9.68. The van der Waals surface area contributed by atoms with E-state index in [1.807, 2.05) is 36.2 Å². The third-order valence-electron chi connectivity index (χ3n) is 2.55. The molecular weight excluding hydrogens is 218 g/mol. The van der Waals surface area contributed by atoms with Crippen molar-refractivity contribution in [2.45, 2.75) is 18.7 Å². The second kappa shape index (κ2) is 5.37. The molecule has 2 aromatic rings. The van der Waals surface area contributed by atoms with E-state index in [0.717, 1.165) is 24.4 Å². The Bertz CT molecular complexity index is 419. The summed E-state index contributed by atoms with van der Waals surface area (Å²) in [5.74, 6) is 0. The topological polar surface area (TPSA) is 29.3 Å². The number of hydrogen-bond acceptors (Lipinski definition) is 3. The van der Waals surface area contributed by atoms with E-state index < -0.39 is 0 Å². The summed E-state index contributed by atoms with van der Waals surface area (Å²) in [6, 6.07) is 6.05. The van der Waals surface area contributed by atoms with Crippen LogP contribution < -0.4 is 5.32 Å². The number of pyridine rings is 1. The largest absolute Gasteiger partial charge is 0.310 e. The van der Waals surface area contributed by atoms with Gasteiger partial charge in [0.1, 0.15) is 5.65 Å². The van der Waals surface area contributed by atoms with Crippen LogP contribution in [0.25, 0.3) is 5.65 Å². The normalized spacial score (nSPS) is 13.1. The minimum atomic E-state index is 0.650. The molecule has 0 aliphatic heterocycles. The van der Waals surface area contributed by atoms with Crippen LogP contribution in [0.3, 0.4) is 0 Å². The first-order chi connectivity index (χ1) is 7.79. The molecule has 2 heterocycles. The SMILES string of the molecule is CSC(C)CNCc1cn2ccccc2n1. The Labute approximate surface area is 100 Å². The highest BCUT2D eigenvalue weighted by Gasteiger charge is 2.02. The van der Waals surface area contributed by atoms with Gasteiger partial charge in [-0.2, -0.15) is 11.8 Å². The summed E-state index contributed by atoms with van der Waals surface area (Å²) in [4.78, 5) is 4.53. The molecule has 16 heavy (non-hydrogen) atoms. The molecular formula is C12H17N3S. The average Bonchev–Trinajstić information content (AvgIpc) is 2.71. The molecule has 0 saturated heterocycles. The lowest BCUT2D eigenvalue weighted by molar-refractivity contribution is 0.675. The number of nitrogens with zero attached hydrogens (tertiary/aromatic N) is 2. The second-order valence-electron chi connectivity index (χ2n) is 3.88. The van der Waals surface area contributed by atoms with Crippen molar-refractivity contribution < 1.29 is 0 Å². The van der Waals surface area contributed by atoms with Crippen molar-refractivity contribution in [3.8, 4) is 0 Å². The third kappa shape index (κ3) is 2.77. The maximum absolute atomic E-state index is 4.53. The summed E-state index contributed by atoms with van der Waals surface area (Å²) in [5.41, 5.74) is 2.11. The molecule has 0 saturated carbocycles. The predicted molar refractivity (Wildman–Crippen MR) is 69.9 cm³/mol. The van der Waals surface area contributed by atoms with Crippen LogP contribution in [-0.2, 0) is 6.54 Å². The van der Waals surface area contributed by atoms with Crippen LogP contribution in [0.15, 0.2) is 30.6 Å². The van der Waals surface area contributed by atoms with Gasteiger partial charge < -0.3 is 9.72 Å². The van der Waals surface area contributed by atoms with Gasteiger partial charge in [0.2, 0.25) is 0 Å². The molecule has 0 aromatic carbocycles. The van der Waals surface area contributed by atoms with Gasteiger partial charge in [0.15, 0.2) is 0 Å². The van der Waals surface area contributed by atoms with Gasteiger partial charge in [-0.15, -0.1) is 0 Å². The third-order valence-corrected chi connectivity index (χ3v) is 3.53. The highest BCUT2D eigenvalue weighted by Crippen LogP contribution is 2.05. The van der Waals surface area contributed by atoms with E-state index in [1.54, 1.807) is 0 Å². The number of nitrogens with one attached hydrogen (secondary N) is 1. The highest BCUT2D eigenvalue weighted by atomic mass is 32.2. The van der Waals surface area contributed by atoms with E-state index in [1.165, 1.54) is 0 Å². The fourth-order valence-corrected chi connectivity index (χ4v) is 1.84. The van der Waals surface area contributed by atoms with Crippen molar-refractivity contribution in [1.82, 2.24) is 14.7 Å². The van der Waals surface area contributed by atoms with Crippen molar-refractivity contribution in [3.05, 3.63) is 36.3 Å². The minimum Gasteiger partial charge on any atom is -0.310 e. The number of aromatic nitrogens is 2. The maximum Gasteiger partial charge on any atom is 0.137 e. The van der Waals surface area contributed by atoms with Gasteiger partial charge in [-0.25, -0.2) is 4.98 Å². The number of fused-ring (bicyclic) bond motifs is 1. The minimum absolute atomic E-state index is 0.650. The summed E-state index contributed by atoms with van der Waals surface area (Å²) in [5, 5.41) is 4.07. The molecule has 0 spiro atoms. The standard InChI is InChI=1S/C12H17N3S/c1-10(16-2)7-13-8-11-9-15-6-4-3-5-12(15)14-11/h3-6,9-10,13H,7-8H2,1-2H3. The van der Waals surface area contributed by atoms with Crippen molar-refractivity contribution in [2.75, 3.05) is 12.8 Å². The predicted octanol–water partition coefficient (Wildman–Crippen LogP) is 2.18. The van der Waals surface area contributed by atoms with E-state index in [0.29, 0.717) is 5.25 Å². The fraction of sp³-hybridized carbons (Fsp3) is 0.417. The van der Waals surface area contributed by atoms with Crippen LogP contribution in [0.1, 0.15) is 12.6 Å². The van der Waals surface area contributed by atoms with Gasteiger partial charge in [0, 0.05) is 30.7 Å². The molecule has 1 unspecified atom stereocenters. The first-order valence-corrected chi connectivity index (χ1v) is 6.74. The molecule has 2 aromatic heterocycles. The molecule has 1 atom stereocenters. The lowest BCUT2D eigenvalue weighted by Crippen LogP contribution is -2.22. The first-order valence-electron chi connectivity index (χ1n) is 5.45. The van der Waals surface area contributed by atoms with Crippen LogP contribution in [0.5, 0.6) is 0 Å². The molecule has 0 radical (unpaired) electrons. The zero-order chi connectivity index (χ0) is 11.4. The van der Waals surface area contributed by atoms with E-state index in [-0.39, 0.29) is 0 Å². The van der Waals surface area contributed by atoms with E-state index >= 15 is 0 Å². The van der Waals surface area contributed by atoms with Gasteiger partial charge >= 0.3 is 0 Å². The summed E-state index contributed by atoms with van der Waals surface area (Å²) < 4.78 is 2.05. The van der Waals surface area contributed by atoms with Crippen molar-refractivity contribution in [1.29, 1.82) is 0 Å². The molecule has 0 aliphatic rings. The molecule has 2 rings (SSSR count). The molecule has 0 fully saturated rings. The van der Waals surface area contributed by atoms with Crippen LogP contribution >= 0.6 is 11.8 Å². The first kappa shape index (κ1) is 11.5. The van der Waals surface area contributed by atoms with Crippen LogP contribution in [0.2, 0.25) is 0 Å². The molecule has 0 amide bonds. The van der Waals surface area contributed by atoms with Crippen molar-refractivity contribution >= 4 is 17.4 Å². The summed E-state index contributed by atoms with van der Waals surface area (Å²) in [6.07, 6.45) is 6.24. The maximum atomic E-state index is 4.53. The van der Waals surface area contributed by atoms with Crippen LogP contribution in [0.4, 0.5) is 0 Å². The Morgan fingerprint density at radius 1 is 1.50 bits per heavy atom. The molecule has 4 heteroatoms. The lowest BCUT2D eigenvalue weighted by Gasteiger charge is -2.07. The van der Waals surface area contributed by atoms with Crippen LogP contribution in [0, 0.1) is 0 Å². The van der Waals surface area contributed by atoms with Gasteiger partial charge in [-0.05, 0) is 18.4 Å². The molecule has 0 bridgehead atoms. The Morgan fingerprint density at radius 2 is 2.38 bits per heavy atom. The quantitative estimate of drug-likeness (QED) is 0.861. The average molecular weight is 235 g/mol. The van der Waals surface area contributed by atoms with Gasteiger partial charge in [-0.1, -0.05) is 13.0 Å². The highest BCUT2D eigenvalue weighted by molar-refractivity contribution is 7.99. The number of rotatable bonds is 5. The van der Waals surface area contributed by atoms with E-state index in [4.69, 9.17) is 0 Å². The van der Waals surface area contributed by atoms with Crippen LogP contribution in [-0.4, -0.2) is 27.4 Å². The zero-order valence-corrected chi connectivity index (χ0v) is 10.5. The fourth-order valence-electron chi connectivity index (χ4n) is 1.56. The van der Waals surface area contributed by atoms with Gasteiger partial charge in [-0.3, -0.25) is 0 Å². The summed E-state index contributed by atoms with van der Waals surface area (Å²) in [7, 11) is 0. The number of hydrogen-bond donors (Lipinski definition) is 1. The monoisotopic (exact) mass is 235 g/mol. The Morgan fingerprint density at radius 3 is 3.12 bits per heavy atom. The number of imidazole rings is 1. The molecule has 3 nitrogen and oxygen atoms in total. The van der Waals surface area contributed by atoms with Crippen molar-refractivity contribution in [3.63, 3.8) is 0 Å². The van der Waals surface area contributed by atoms with Gasteiger partial charge in [0.25, 0.3) is 0 Å². The van der Waals surface area contributed by atoms with Gasteiger partial charge in [0.05, 0.1) is 5.69 Å². The smallest absolute Gasteiger partial charge is 0.137 e. The molecule has 1 N–H and O–H groups in total. The van der Waals surface area contributed by atoms with E-state index in [9.17, 15) is 0 Å². The number of thioether (sulfide) groups is 1. The Hall–Kier alpha value is -1.00. The van der Waals surface area contributed by atoms with E-state index in [2.05, 4.69) is 34.1 Å². The second-order valence-corrected chi connectivity index (χ2v) is 5.15. The molecule has 86 valence electrons. The Balaban J connectivity index is 1.94. The summed E-state index contributed by atoms with van der Waals surface area (Å²) >= 11 is 1.88.